The first-order chi connectivity index (χ1) is 34.6. The molecule has 0 radical (unpaired) electrons. The van der Waals surface area contributed by atoms with E-state index in [1.807, 2.05) is 49.5 Å². The number of benzene rings is 1. The van der Waals surface area contributed by atoms with Crippen LogP contribution in [0.1, 0.15) is 64.4 Å². The minimum absolute atomic E-state index is 0.0215. The fourth-order valence-corrected chi connectivity index (χ4v) is 8.47. The van der Waals surface area contributed by atoms with E-state index in [-0.39, 0.29) is 54.6 Å². The molecule has 7 rings (SSSR count). The van der Waals surface area contributed by atoms with Crippen molar-refractivity contribution in [2.24, 2.45) is 5.92 Å². The molecule has 19 heteroatoms. The van der Waals surface area contributed by atoms with Crippen molar-refractivity contribution in [2.75, 3.05) is 116 Å². The van der Waals surface area contributed by atoms with E-state index < -0.39 is 5.91 Å². The average Bonchev–Trinajstić information content (AvgIpc) is 3.38. The number of aromatic amines is 1. The number of pyridine rings is 4. The molecule has 6 heterocycles. The number of ether oxygens (including phenoxy) is 3. The number of hydrogen-bond acceptors (Lipinski definition) is 14. The SMILES string of the molecule is CCc1cccc(-c2cnc(C(=O)NCCOCCOCCOCCNC(=O)c3ccc(N4CCN(Cc5cnc6cc(CC)c(=O)[nH]c6c5)CC4)cn3)c(NC(=O)CNC[C@H]3CCN(C)C(=O)C3)c2)c1. The molecule has 0 spiro atoms. The third-order valence-electron chi connectivity index (χ3n) is 12.7. The first-order valence-electron chi connectivity index (χ1n) is 24.6. The van der Waals surface area contributed by atoms with E-state index in [1.165, 1.54) is 0 Å². The maximum Gasteiger partial charge on any atom is 0.272 e. The predicted octanol–water partition coefficient (Wildman–Crippen LogP) is 3.43. The quantitative estimate of drug-likeness (QED) is 0.0529. The number of piperidine rings is 1. The largest absolute Gasteiger partial charge is 0.377 e. The summed E-state index contributed by atoms with van der Waals surface area (Å²) in [7, 11) is 1.80. The number of aromatic nitrogens is 4. The van der Waals surface area contributed by atoms with Crippen LogP contribution in [0.4, 0.5) is 11.4 Å². The van der Waals surface area contributed by atoms with Crippen LogP contribution in [-0.2, 0) is 43.2 Å². The number of hydrogen-bond donors (Lipinski definition) is 5. The van der Waals surface area contributed by atoms with Crippen molar-refractivity contribution in [3.63, 3.8) is 0 Å². The minimum Gasteiger partial charge on any atom is -0.377 e. The summed E-state index contributed by atoms with van der Waals surface area (Å²) < 4.78 is 16.9. The van der Waals surface area contributed by atoms with Gasteiger partial charge in [-0.05, 0) is 78.7 Å². The molecule has 0 saturated carbocycles. The first-order valence-corrected chi connectivity index (χ1v) is 24.6. The molecule has 5 aromatic rings. The van der Waals surface area contributed by atoms with E-state index in [4.69, 9.17) is 14.2 Å². The Morgan fingerprint density at radius 2 is 1.49 bits per heavy atom. The number of carbonyl (C=O) groups excluding carboxylic acids is 4. The Morgan fingerprint density at radius 3 is 2.20 bits per heavy atom. The Kier molecular flexibility index (Phi) is 19.5. The van der Waals surface area contributed by atoms with Crippen LogP contribution in [0.15, 0.2) is 78.0 Å². The van der Waals surface area contributed by atoms with Gasteiger partial charge in [-0.15, -0.1) is 0 Å². The highest BCUT2D eigenvalue weighted by Crippen LogP contribution is 2.26. The van der Waals surface area contributed by atoms with Crippen LogP contribution in [0.25, 0.3) is 22.2 Å². The standard InChI is InChI=1S/C52H67N11O8/c1-4-36-7-6-8-40(25-36)41-29-46(59-47(64)34-53-30-37-11-14-61(3)48(65)27-37)49(58-32-41)52(68)55-13-20-70-22-24-71-23-21-69-19-12-54-51(67)43-10-9-42(33-57-43)63-17-15-62(16-18-63)35-38-26-45-44(56-31-38)28-39(5-2)50(66)60-45/h6-10,25-26,28-29,31-33,37,53H,4-5,11-24,27,30,34-35H2,1-3H3,(H,54,67)(H,55,68)(H,59,64)(H,60,66)/t37-/m0/s1. The molecule has 5 N–H and O–H groups in total. The lowest BCUT2D eigenvalue weighted by molar-refractivity contribution is -0.133. The highest BCUT2D eigenvalue weighted by atomic mass is 16.5. The zero-order valence-corrected chi connectivity index (χ0v) is 41.1. The molecule has 4 aromatic heterocycles. The van der Waals surface area contributed by atoms with Crippen molar-refractivity contribution < 1.29 is 33.4 Å². The topological polar surface area (TPSA) is 225 Å². The van der Waals surface area contributed by atoms with Gasteiger partial charge in [-0.25, -0.2) is 9.97 Å². The number of likely N-dealkylation sites (tertiary alicyclic amines) is 1. The molecule has 19 nitrogen and oxygen atoms in total. The monoisotopic (exact) mass is 974 g/mol. The van der Waals surface area contributed by atoms with Gasteiger partial charge in [0.1, 0.15) is 5.69 Å². The maximum atomic E-state index is 13.3. The van der Waals surface area contributed by atoms with Crippen LogP contribution in [0.5, 0.6) is 0 Å². The lowest BCUT2D eigenvalue weighted by atomic mass is 9.96. The van der Waals surface area contributed by atoms with Gasteiger partial charge in [0.05, 0.1) is 74.8 Å². The van der Waals surface area contributed by atoms with Gasteiger partial charge in [0, 0.05) is 89.3 Å². The first kappa shape index (κ1) is 52.2. The minimum atomic E-state index is -0.449. The molecule has 1 aromatic carbocycles. The Bertz CT molecular complexity index is 2640. The summed E-state index contributed by atoms with van der Waals surface area (Å²) in [6.07, 6.45) is 8.11. The van der Waals surface area contributed by atoms with Gasteiger partial charge in [0.25, 0.3) is 17.4 Å². The number of nitrogens with one attached hydrogen (secondary N) is 5. The molecular weight excluding hydrogens is 907 g/mol. The Morgan fingerprint density at radius 1 is 0.746 bits per heavy atom. The molecule has 2 saturated heterocycles. The zero-order chi connectivity index (χ0) is 50.0. The van der Waals surface area contributed by atoms with Crippen molar-refractivity contribution in [2.45, 2.75) is 46.1 Å². The second-order valence-corrected chi connectivity index (χ2v) is 17.8. The molecule has 4 amide bonds. The average molecular weight is 974 g/mol. The van der Waals surface area contributed by atoms with E-state index in [2.05, 4.69) is 64.0 Å². The molecule has 0 aliphatic carbocycles. The normalized spacial score (nSPS) is 15.3. The van der Waals surface area contributed by atoms with Crippen LogP contribution < -0.4 is 31.7 Å². The molecule has 1 atom stereocenters. The van der Waals surface area contributed by atoms with Crippen molar-refractivity contribution in [3.05, 3.63) is 112 Å². The van der Waals surface area contributed by atoms with Crippen LogP contribution in [0.3, 0.4) is 0 Å². The molecule has 2 aliphatic heterocycles. The van der Waals surface area contributed by atoms with Gasteiger partial charge in [-0.3, -0.25) is 33.9 Å². The smallest absolute Gasteiger partial charge is 0.272 e. The number of carbonyl (C=O) groups is 4. The summed E-state index contributed by atoms with van der Waals surface area (Å²) in [6, 6.07) is 17.3. The number of anilines is 2. The molecule has 2 fully saturated rings. The number of nitrogens with zero attached hydrogens (tertiary/aromatic N) is 6. The lowest BCUT2D eigenvalue weighted by Crippen LogP contribution is -2.46. The van der Waals surface area contributed by atoms with Crippen molar-refractivity contribution in [3.8, 4) is 11.1 Å². The summed E-state index contributed by atoms with van der Waals surface area (Å²) in [5.74, 6) is -0.771. The second-order valence-electron chi connectivity index (χ2n) is 17.8. The van der Waals surface area contributed by atoms with Gasteiger partial charge in [-0.1, -0.05) is 38.1 Å². The predicted molar refractivity (Wildman–Crippen MR) is 272 cm³/mol. The van der Waals surface area contributed by atoms with Crippen molar-refractivity contribution in [1.29, 1.82) is 0 Å². The molecular formula is C52H67N11O8. The molecule has 2 aliphatic rings. The van der Waals surface area contributed by atoms with Crippen LogP contribution >= 0.6 is 0 Å². The van der Waals surface area contributed by atoms with Crippen molar-refractivity contribution in [1.82, 2.24) is 45.7 Å². The third kappa shape index (κ3) is 15.4. The third-order valence-corrected chi connectivity index (χ3v) is 12.7. The molecule has 0 unspecified atom stereocenters. The summed E-state index contributed by atoms with van der Waals surface area (Å²) in [5.41, 5.74) is 7.81. The number of fused-ring (bicyclic) bond motifs is 1. The number of H-pyrrole nitrogens is 1. The van der Waals surface area contributed by atoms with E-state index in [1.54, 1.807) is 36.5 Å². The number of rotatable bonds is 25. The van der Waals surface area contributed by atoms with E-state index in [0.717, 1.165) is 90.1 Å². The second kappa shape index (κ2) is 26.5. The van der Waals surface area contributed by atoms with Crippen LogP contribution in [0, 0.1) is 5.92 Å². The van der Waals surface area contributed by atoms with Gasteiger partial charge in [0.15, 0.2) is 5.69 Å². The van der Waals surface area contributed by atoms with E-state index in [9.17, 15) is 24.0 Å². The highest BCUT2D eigenvalue weighted by Gasteiger charge is 2.24. The summed E-state index contributed by atoms with van der Waals surface area (Å²) >= 11 is 0. The Hall–Kier alpha value is -6.64. The number of aryl methyl sites for hydroxylation is 2. The van der Waals surface area contributed by atoms with Gasteiger partial charge >= 0.3 is 0 Å². The highest BCUT2D eigenvalue weighted by molar-refractivity contribution is 6.03. The zero-order valence-electron chi connectivity index (χ0n) is 41.1. The van der Waals surface area contributed by atoms with E-state index >= 15 is 0 Å². The van der Waals surface area contributed by atoms with Crippen LogP contribution in [0.2, 0.25) is 0 Å². The van der Waals surface area contributed by atoms with Crippen molar-refractivity contribution >= 4 is 46.0 Å². The maximum absolute atomic E-state index is 13.3. The number of amides is 4. The lowest BCUT2D eigenvalue weighted by Gasteiger charge is -2.36. The molecule has 378 valence electrons. The fourth-order valence-electron chi connectivity index (χ4n) is 8.47. The van der Waals surface area contributed by atoms with Gasteiger partial charge in [-0.2, -0.15) is 0 Å². The Labute approximate surface area is 414 Å². The number of piperazine rings is 1. The summed E-state index contributed by atoms with van der Waals surface area (Å²) in [4.78, 5) is 86.3. The van der Waals surface area contributed by atoms with Crippen LogP contribution in [-0.4, -0.2) is 159 Å². The fraction of sp³-hybridized carbons (Fsp3) is 0.462. The summed E-state index contributed by atoms with van der Waals surface area (Å²) in [6.45, 7) is 11.8. The summed E-state index contributed by atoms with van der Waals surface area (Å²) in [5, 5.41) is 11.7. The van der Waals surface area contributed by atoms with E-state index in [0.29, 0.717) is 76.9 Å². The van der Waals surface area contributed by atoms with Gasteiger partial charge < -0.3 is 50.3 Å². The molecule has 71 heavy (non-hydrogen) atoms. The van der Waals surface area contributed by atoms with Gasteiger partial charge in [0.2, 0.25) is 11.8 Å². The molecule has 0 bridgehead atoms. The Balaban J connectivity index is 0.733.